The van der Waals surface area contributed by atoms with E-state index in [1.165, 1.54) is 133 Å². The summed E-state index contributed by atoms with van der Waals surface area (Å²) in [5, 5.41) is 21.8. The fourth-order valence-corrected chi connectivity index (χ4v) is 10.4. The summed E-state index contributed by atoms with van der Waals surface area (Å²) >= 11 is 7.01. The number of unbranched alkanes of at least 4 members (excludes halogenated alkanes) is 14. The molecule has 0 spiro atoms. The first-order chi connectivity index (χ1) is 24.7. The van der Waals surface area contributed by atoms with Crippen LogP contribution >= 0.6 is 45.3 Å². The molecule has 0 aromatic carbocycles. The van der Waals surface area contributed by atoms with Crippen molar-refractivity contribution < 1.29 is 8.83 Å². The third-order valence-electron chi connectivity index (χ3n) is 9.16. The molecule has 6 heterocycles. The van der Waals surface area contributed by atoms with Crippen LogP contribution in [-0.2, 0) is 12.8 Å². The smallest absolute Gasteiger partial charge is 0.306 e. The van der Waals surface area contributed by atoms with E-state index in [0.29, 0.717) is 11.8 Å². The van der Waals surface area contributed by atoms with Gasteiger partial charge in [0.15, 0.2) is 0 Å². The molecule has 6 aromatic heterocycles. The van der Waals surface area contributed by atoms with Gasteiger partial charge in [0, 0.05) is 19.5 Å². The van der Waals surface area contributed by atoms with Crippen LogP contribution in [-0.4, -0.2) is 20.4 Å². The first kappa shape index (κ1) is 36.9. The predicted molar refractivity (Wildman–Crippen MR) is 213 cm³/mol. The third kappa shape index (κ3) is 10.1. The Morgan fingerprint density at radius 3 is 1.22 bits per heavy atom. The van der Waals surface area contributed by atoms with E-state index < -0.39 is 0 Å². The topological polar surface area (TPSA) is 77.8 Å². The van der Waals surface area contributed by atoms with Crippen LogP contribution in [0.5, 0.6) is 0 Å². The van der Waals surface area contributed by atoms with Gasteiger partial charge >= 0.3 is 11.8 Å². The van der Waals surface area contributed by atoms with Gasteiger partial charge in [0.1, 0.15) is 0 Å². The summed E-state index contributed by atoms with van der Waals surface area (Å²) in [6.45, 7) is 4.55. The van der Waals surface area contributed by atoms with Gasteiger partial charge in [0.05, 0.1) is 9.75 Å². The maximum Gasteiger partial charge on any atom is 0.306 e. The van der Waals surface area contributed by atoms with Crippen molar-refractivity contribution in [1.82, 2.24) is 20.4 Å². The van der Waals surface area contributed by atoms with Gasteiger partial charge in [-0.1, -0.05) is 116 Å². The fourth-order valence-electron chi connectivity index (χ4n) is 6.39. The van der Waals surface area contributed by atoms with Crippen LogP contribution in [0, 0.1) is 0 Å². The Bertz CT molecular complexity index is 1680. The number of rotatable bonds is 23. The summed E-state index contributed by atoms with van der Waals surface area (Å²) in [5.41, 5.74) is 2.72. The number of hydrogen-bond acceptors (Lipinski definition) is 10. The van der Waals surface area contributed by atoms with Crippen LogP contribution in [0.15, 0.2) is 56.0 Å². The number of aryl methyl sites for hydroxylation is 2. The van der Waals surface area contributed by atoms with E-state index in [0.717, 1.165) is 22.6 Å². The highest BCUT2D eigenvalue weighted by atomic mass is 32.1. The summed E-state index contributed by atoms with van der Waals surface area (Å²) in [6.07, 6.45) is 23.1. The van der Waals surface area contributed by atoms with Gasteiger partial charge in [-0.25, -0.2) is 0 Å². The standard InChI is InChI=1S/C40H50N4O2S4/c1-3-5-7-9-11-13-15-17-21-29-27-33(49-35(29)31-23-19-25-47-31)37-41-43-39(45-37)40-44-42-38(46-40)34-28-30(36(50-34)32-24-20-26-48-32)22-18-16-14-12-10-8-6-4-2/h19-20,23-28H,3-18,21-22H2,1-2H3. The predicted octanol–water partition coefficient (Wildman–Crippen LogP) is 14.4. The number of thiophene rings is 4. The van der Waals surface area contributed by atoms with E-state index in [-0.39, 0.29) is 11.8 Å². The van der Waals surface area contributed by atoms with E-state index >= 15 is 0 Å². The molecule has 6 aromatic rings. The molecule has 6 rings (SSSR count). The van der Waals surface area contributed by atoms with Gasteiger partial charge < -0.3 is 8.83 Å². The van der Waals surface area contributed by atoms with Gasteiger partial charge in [-0.3, -0.25) is 0 Å². The zero-order valence-corrected chi connectivity index (χ0v) is 32.9. The highest BCUT2D eigenvalue weighted by Crippen LogP contribution is 2.43. The Morgan fingerprint density at radius 2 is 0.840 bits per heavy atom. The lowest BCUT2D eigenvalue weighted by Crippen LogP contribution is -1.86. The molecule has 0 radical (unpaired) electrons. The minimum absolute atomic E-state index is 0.253. The molecule has 0 aliphatic rings. The summed E-state index contributed by atoms with van der Waals surface area (Å²) in [6, 6.07) is 13.1. The molecule has 0 atom stereocenters. The average molecular weight is 747 g/mol. The maximum absolute atomic E-state index is 6.18. The lowest BCUT2D eigenvalue weighted by Gasteiger charge is -2.03. The fraction of sp³-hybridized carbons (Fsp3) is 0.500. The SMILES string of the molecule is CCCCCCCCCCc1cc(-c2nnc(-c3nnc(-c4cc(CCCCCCCCCC)c(-c5cccs5)s4)o3)o2)sc1-c1cccs1. The van der Waals surface area contributed by atoms with E-state index in [2.05, 4.69) is 81.4 Å². The van der Waals surface area contributed by atoms with Gasteiger partial charge in [0.25, 0.3) is 11.8 Å². The molecule has 50 heavy (non-hydrogen) atoms. The average Bonchev–Trinajstić information content (AvgIpc) is 3.98. The van der Waals surface area contributed by atoms with Crippen LogP contribution in [0.4, 0.5) is 0 Å². The Labute approximate surface area is 313 Å². The van der Waals surface area contributed by atoms with Crippen LogP contribution in [0.3, 0.4) is 0 Å². The van der Waals surface area contributed by atoms with Crippen LogP contribution in [0.1, 0.15) is 128 Å². The first-order valence-electron chi connectivity index (χ1n) is 18.7. The van der Waals surface area contributed by atoms with Gasteiger partial charge in [0.2, 0.25) is 0 Å². The Morgan fingerprint density at radius 1 is 0.460 bits per heavy atom. The van der Waals surface area contributed by atoms with E-state index in [1.54, 1.807) is 45.3 Å². The minimum Gasteiger partial charge on any atom is -0.411 e. The maximum atomic E-state index is 6.18. The summed E-state index contributed by atoms with van der Waals surface area (Å²) < 4.78 is 12.4. The molecule has 0 bridgehead atoms. The van der Waals surface area contributed by atoms with E-state index in [1.807, 2.05) is 0 Å². The molecular formula is C40H50N4O2S4. The molecule has 266 valence electrons. The van der Waals surface area contributed by atoms with Crippen LogP contribution in [0.2, 0.25) is 0 Å². The Kier molecular flexibility index (Phi) is 14.5. The second-order valence-corrected chi connectivity index (χ2v) is 17.2. The second-order valence-electron chi connectivity index (χ2n) is 13.2. The van der Waals surface area contributed by atoms with Crippen molar-refractivity contribution in [2.24, 2.45) is 0 Å². The molecule has 6 nitrogen and oxygen atoms in total. The van der Waals surface area contributed by atoms with E-state index in [4.69, 9.17) is 8.83 Å². The zero-order chi connectivity index (χ0) is 34.4. The zero-order valence-electron chi connectivity index (χ0n) is 29.6. The molecule has 10 heteroatoms. The monoisotopic (exact) mass is 746 g/mol. The molecule has 0 N–H and O–H groups in total. The van der Waals surface area contributed by atoms with E-state index in [9.17, 15) is 0 Å². The van der Waals surface area contributed by atoms with Crippen molar-refractivity contribution in [3.63, 3.8) is 0 Å². The minimum atomic E-state index is 0.253. The Balaban J connectivity index is 1.11. The third-order valence-corrected chi connectivity index (χ3v) is 13.6. The number of hydrogen-bond donors (Lipinski definition) is 0. The largest absolute Gasteiger partial charge is 0.411 e. The second kappa shape index (κ2) is 19.6. The van der Waals surface area contributed by atoms with Crippen molar-refractivity contribution in [3.05, 3.63) is 58.3 Å². The van der Waals surface area contributed by atoms with Crippen LogP contribution in [0.25, 0.3) is 52.8 Å². The Hall–Kier alpha value is -2.92. The van der Waals surface area contributed by atoms with Gasteiger partial charge in [-0.15, -0.1) is 65.7 Å². The highest BCUT2D eigenvalue weighted by molar-refractivity contribution is 7.24. The summed E-state index contributed by atoms with van der Waals surface area (Å²) in [4.78, 5) is 7.14. The van der Waals surface area contributed by atoms with Crippen LogP contribution < -0.4 is 0 Å². The number of nitrogens with zero attached hydrogens (tertiary/aromatic N) is 4. The molecule has 0 unspecified atom stereocenters. The van der Waals surface area contributed by atoms with Gasteiger partial charge in [-0.05, 0) is 71.8 Å². The molecule has 0 aliphatic carbocycles. The summed E-state index contributed by atoms with van der Waals surface area (Å²) in [7, 11) is 0. The molecule has 0 saturated carbocycles. The van der Waals surface area contributed by atoms with Crippen molar-refractivity contribution in [2.45, 2.75) is 129 Å². The normalized spacial score (nSPS) is 11.6. The van der Waals surface area contributed by atoms with Crippen molar-refractivity contribution in [2.75, 3.05) is 0 Å². The quantitative estimate of drug-likeness (QED) is 0.0608. The van der Waals surface area contributed by atoms with Crippen molar-refractivity contribution in [1.29, 1.82) is 0 Å². The van der Waals surface area contributed by atoms with Crippen molar-refractivity contribution >= 4 is 45.3 Å². The van der Waals surface area contributed by atoms with Gasteiger partial charge in [-0.2, -0.15) is 0 Å². The molecule has 0 aliphatic heterocycles. The highest BCUT2D eigenvalue weighted by Gasteiger charge is 2.22. The lowest BCUT2D eigenvalue weighted by atomic mass is 10.0. The lowest BCUT2D eigenvalue weighted by molar-refractivity contribution is 0.523. The summed E-state index contributed by atoms with van der Waals surface area (Å²) in [5.74, 6) is 1.49. The number of aromatic nitrogens is 4. The first-order valence-corrected chi connectivity index (χ1v) is 22.1. The molecular weight excluding hydrogens is 697 g/mol. The molecule has 0 amide bonds. The molecule has 0 saturated heterocycles. The van der Waals surface area contributed by atoms with Crippen molar-refractivity contribution in [3.8, 4) is 52.8 Å². The molecule has 0 fully saturated rings.